The number of nitrogens with zero attached hydrogens (tertiary/aromatic N) is 3. The van der Waals surface area contributed by atoms with Crippen molar-refractivity contribution in [3.63, 3.8) is 0 Å². The topological polar surface area (TPSA) is 62.7 Å². The van der Waals surface area contributed by atoms with Crippen molar-refractivity contribution in [2.45, 2.75) is 39.7 Å². The number of amides is 2. The number of aryl methyl sites for hydroxylation is 1. The van der Waals surface area contributed by atoms with Gasteiger partial charge in [0.1, 0.15) is 5.60 Å². The van der Waals surface area contributed by atoms with Crippen molar-refractivity contribution < 1.29 is 14.3 Å². The van der Waals surface area contributed by atoms with Crippen molar-refractivity contribution in [2.75, 3.05) is 26.2 Å². The first-order valence-corrected chi connectivity index (χ1v) is 8.99. The molecule has 1 aromatic heterocycles. The molecule has 0 atom stereocenters. The lowest BCUT2D eigenvalue weighted by Gasteiger charge is -2.26. The zero-order chi connectivity index (χ0) is 17.7. The van der Waals surface area contributed by atoms with Crippen LogP contribution in [0.4, 0.5) is 4.79 Å². The summed E-state index contributed by atoms with van der Waals surface area (Å²) in [6.45, 7) is 9.73. The number of carbonyl (C=O) groups is 2. The van der Waals surface area contributed by atoms with E-state index in [2.05, 4.69) is 4.98 Å². The molecule has 0 bridgehead atoms. The molecule has 1 fully saturated rings. The number of carbonyl (C=O) groups excluding carboxylic acids is 2. The number of ether oxygens (including phenoxy) is 1. The maximum absolute atomic E-state index is 12.3. The second-order valence-corrected chi connectivity index (χ2v) is 7.83. The third-order valence-electron chi connectivity index (χ3n) is 3.49. The van der Waals surface area contributed by atoms with Crippen LogP contribution in [-0.4, -0.2) is 58.6 Å². The van der Waals surface area contributed by atoms with Gasteiger partial charge in [0.2, 0.25) is 5.91 Å². The largest absolute Gasteiger partial charge is 0.444 e. The van der Waals surface area contributed by atoms with Gasteiger partial charge in [0.25, 0.3) is 0 Å². The molecule has 0 unspecified atom stereocenters. The van der Waals surface area contributed by atoms with E-state index in [1.54, 1.807) is 33.3 Å². The van der Waals surface area contributed by atoms with Gasteiger partial charge in [0, 0.05) is 37.6 Å². The van der Waals surface area contributed by atoms with Crippen LogP contribution in [0.15, 0.2) is 11.5 Å². The normalized spacial score (nSPS) is 16.3. The molecule has 2 heterocycles. The van der Waals surface area contributed by atoms with Crippen molar-refractivity contribution in [1.82, 2.24) is 14.8 Å². The molecule has 1 saturated heterocycles. The molecule has 132 valence electrons. The number of hydrogen-bond acceptors (Lipinski definition) is 5. The highest BCUT2D eigenvalue weighted by molar-refractivity contribution is 7.09. The summed E-state index contributed by atoms with van der Waals surface area (Å²) in [4.78, 5) is 32.2. The molecule has 7 heteroatoms. The Morgan fingerprint density at radius 2 is 1.88 bits per heavy atom. The van der Waals surface area contributed by atoms with Crippen LogP contribution in [0.25, 0.3) is 6.08 Å². The van der Waals surface area contributed by atoms with Gasteiger partial charge >= 0.3 is 6.09 Å². The van der Waals surface area contributed by atoms with Gasteiger partial charge in [-0.3, -0.25) is 4.79 Å². The molecule has 0 aromatic carbocycles. The lowest BCUT2D eigenvalue weighted by molar-refractivity contribution is -0.125. The first-order chi connectivity index (χ1) is 11.2. The van der Waals surface area contributed by atoms with E-state index < -0.39 is 5.60 Å². The lowest BCUT2D eigenvalue weighted by Crippen LogP contribution is -2.39. The zero-order valence-corrected chi connectivity index (χ0v) is 15.6. The molecule has 1 aliphatic heterocycles. The third kappa shape index (κ3) is 5.63. The van der Waals surface area contributed by atoms with Gasteiger partial charge in [-0.2, -0.15) is 0 Å². The van der Waals surface area contributed by atoms with Crippen molar-refractivity contribution >= 4 is 29.4 Å². The summed E-state index contributed by atoms with van der Waals surface area (Å²) >= 11 is 1.56. The van der Waals surface area contributed by atoms with Crippen LogP contribution in [0.3, 0.4) is 0 Å². The summed E-state index contributed by atoms with van der Waals surface area (Å²) in [6, 6.07) is 0. The van der Waals surface area contributed by atoms with E-state index in [1.165, 1.54) is 0 Å². The Morgan fingerprint density at radius 3 is 2.50 bits per heavy atom. The van der Waals surface area contributed by atoms with Gasteiger partial charge in [-0.25, -0.2) is 9.78 Å². The highest BCUT2D eigenvalue weighted by Gasteiger charge is 2.25. The van der Waals surface area contributed by atoms with Gasteiger partial charge in [-0.1, -0.05) is 0 Å². The van der Waals surface area contributed by atoms with Crippen molar-refractivity contribution in [2.24, 2.45) is 0 Å². The average molecular weight is 351 g/mol. The monoisotopic (exact) mass is 351 g/mol. The summed E-state index contributed by atoms with van der Waals surface area (Å²) in [6.07, 6.45) is 3.72. The van der Waals surface area contributed by atoms with Gasteiger partial charge in [0.15, 0.2) is 0 Å². The third-order valence-corrected chi connectivity index (χ3v) is 4.28. The van der Waals surface area contributed by atoms with E-state index >= 15 is 0 Å². The number of hydrogen-bond donors (Lipinski definition) is 0. The fourth-order valence-electron chi connectivity index (χ4n) is 2.37. The molecule has 0 spiro atoms. The molecular weight excluding hydrogens is 326 g/mol. The standard InChI is InChI=1S/C17H25N3O3S/c1-13-18-14(12-24-13)6-7-15(21)19-8-5-9-20(11-10-19)16(22)23-17(2,3)4/h6-7,12H,5,8-11H2,1-4H3/b7-6-. The molecular formula is C17H25N3O3S. The van der Waals surface area contributed by atoms with Gasteiger partial charge < -0.3 is 14.5 Å². The SMILES string of the molecule is Cc1nc(/C=C\C(=O)N2CCCN(C(=O)OC(C)(C)C)CC2)cs1. The molecule has 1 aromatic rings. The second kappa shape index (κ2) is 7.79. The molecule has 0 radical (unpaired) electrons. The van der Waals surface area contributed by atoms with E-state index in [-0.39, 0.29) is 12.0 Å². The van der Waals surface area contributed by atoms with E-state index in [0.717, 1.165) is 17.1 Å². The summed E-state index contributed by atoms with van der Waals surface area (Å²) in [5, 5.41) is 2.90. The molecule has 0 N–H and O–H groups in total. The van der Waals surface area contributed by atoms with Crippen molar-refractivity contribution in [1.29, 1.82) is 0 Å². The van der Waals surface area contributed by atoms with E-state index in [1.807, 2.05) is 33.1 Å². The quantitative estimate of drug-likeness (QED) is 0.769. The van der Waals surface area contributed by atoms with Crippen LogP contribution >= 0.6 is 11.3 Å². The minimum atomic E-state index is -0.507. The Balaban J connectivity index is 1.89. The van der Waals surface area contributed by atoms with Gasteiger partial charge in [-0.15, -0.1) is 11.3 Å². The predicted molar refractivity (Wildman–Crippen MR) is 94.9 cm³/mol. The second-order valence-electron chi connectivity index (χ2n) is 6.77. The highest BCUT2D eigenvalue weighted by atomic mass is 32.1. The summed E-state index contributed by atoms with van der Waals surface area (Å²) in [5.74, 6) is -0.0494. The number of rotatable bonds is 2. The van der Waals surface area contributed by atoms with E-state index in [9.17, 15) is 9.59 Å². The number of aromatic nitrogens is 1. The Labute approximate surface area is 147 Å². The van der Waals surface area contributed by atoms with Crippen LogP contribution in [0.2, 0.25) is 0 Å². The van der Waals surface area contributed by atoms with Crippen LogP contribution in [-0.2, 0) is 9.53 Å². The number of thiazole rings is 1. The predicted octanol–water partition coefficient (Wildman–Crippen LogP) is 2.93. The first kappa shape index (κ1) is 18.4. The van der Waals surface area contributed by atoms with Crippen LogP contribution in [0.5, 0.6) is 0 Å². The Hall–Kier alpha value is -1.89. The Morgan fingerprint density at radius 1 is 1.21 bits per heavy atom. The lowest BCUT2D eigenvalue weighted by atomic mass is 10.2. The van der Waals surface area contributed by atoms with Crippen LogP contribution in [0.1, 0.15) is 37.9 Å². The highest BCUT2D eigenvalue weighted by Crippen LogP contribution is 2.13. The zero-order valence-electron chi connectivity index (χ0n) is 14.7. The summed E-state index contributed by atoms with van der Waals surface area (Å²) in [7, 11) is 0. The van der Waals surface area contributed by atoms with Crippen LogP contribution < -0.4 is 0 Å². The van der Waals surface area contributed by atoms with E-state index in [4.69, 9.17) is 4.74 Å². The van der Waals surface area contributed by atoms with Gasteiger partial charge in [0.05, 0.1) is 10.7 Å². The smallest absolute Gasteiger partial charge is 0.410 e. The fraction of sp³-hybridized carbons (Fsp3) is 0.588. The molecule has 0 saturated carbocycles. The minimum absolute atomic E-state index is 0.0494. The molecule has 2 rings (SSSR count). The fourth-order valence-corrected chi connectivity index (χ4v) is 2.95. The van der Waals surface area contributed by atoms with Crippen LogP contribution in [0, 0.1) is 6.92 Å². The molecule has 24 heavy (non-hydrogen) atoms. The van der Waals surface area contributed by atoms with Gasteiger partial charge in [-0.05, 0) is 40.2 Å². The molecule has 6 nitrogen and oxygen atoms in total. The molecule has 1 aliphatic rings. The van der Waals surface area contributed by atoms with E-state index in [0.29, 0.717) is 26.2 Å². The summed E-state index contributed by atoms with van der Waals surface area (Å²) < 4.78 is 5.40. The maximum Gasteiger partial charge on any atom is 0.410 e. The Kier molecular flexibility index (Phi) is 5.99. The molecule has 0 aliphatic carbocycles. The Bertz CT molecular complexity index is 619. The van der Waals surface area contributed by atoms with Crippen molar-refractivity contribution in [3.05, 3.63) is 22.2 Å². The summed E-state index contributed by atoms with van der Waals surface area (Å²) in [5.41, 5.74) is 0.295. The maximum atomic E-state index is 12.3. The van der Waals surface area contributed by atoms with Crippen molar-refractivity contribution in [3.8, 4) is 0 Å². The molecule has 2 amide bonds. The minimum Gasteiger partial charge on any atom is -0.444 e. The first-order valence-electron chi connectivity index (χ1n) is 8.12. The average Bonchev–Trinajstić information content (AvgIpc) is 2.74.